The fraction of sp³-hybridized carbons (Fsp3) is 0.647. The number of methoxy groups -OCH3 is 2. The van der Waals surface area contributed by atoms with Gasteiger partial charge in [0, 0.05) is 32.5 Å². The van der Waals surface area contributed by atoms with Crippen LogP contribution >= 0.6 is 0 Å². The number of aromatic nitrogens is 2. The standard InChI is InChI=1S/C34H51N3O7/c1-32(2,3)43-29(38)25(20-27(42-8)22-37-18-17-35-23-37)21-34(15-9-10-16-34)31(40)36-28(30(39)44-33(4,5)6)19-24-11-13-26(41-7)14-12-24/h11-14,17-18,23,25,27-28H,9-10,15-16,19-22H2,1-8H3,(H,36,40)/t25-,27+,28?/m1/s1. The Morgan fingerprint density at radius 2 is 1.57 bits per heavy atom. The third kappa shape index (κ3) is 10.6. The van der Waals surface area contributed by atoms with Crippen LogP contribution in [0.5, 0.6) is 5.75 Å². The van der Waals surface area contributed by atoms with Crippen LogP contribution in [0, 0.1) is 11.3 Å². The van der Waals surface area contributed by atoms with Crippen molar-refractivity contribution in [2.75, 3.05) is 14.2 Å². The van der Waals surface area contributed by atoms with Gasteiger partial charge >= 0.3 is 11.9 Å². The number of carbonyl (C=O) groups excluding carboxylic acids is 3. The molecule has 1 aromatic carbocycles. The minimum absolute atomic E-state index is 0.239. The van der Waals surface area contributed by atoms with Crippen molar-refractivity contribution < 1.29 is 33.3 Å². The monoisotopic (exact) mass is 613 g/mol. The van der Waals surface area contributed by atoms with E-state index in [1.54, 1.807) is 47.5 Å². The van der Waals surface area contributed by atoms with Gasteiger partial charge in [-0.3, -0.25) is 9.59 Å². The van der Waals surface area contributed by atoms with E-state index in [-0.39, 0.29) is 24.4 Å². The summed E-state index contributed by atoms with van der Waals surface area (Å²) in [5, 5.41) is 3.05. The third-order valence-corrected chi connectivity index (χ3v) is 7.87. The number of rotatable bonds is 14. The molecule has 0 aliphatic heterocycles. The fourth-order valence-electron chi connectivity index (χ4n) is 5.76. The normalized spacial score (nSPS) is 16.9. The molecule has 1 saturated carbocycles. The summed E-state index contributed by atoms with van der Waals surface area (Å²) in [6, 6.07) is 6.49. The molecule has 1 heterocycles. The quantitative estimate of drug-likeness (QED) is 0.286. The van der Waals surface area contributed by atoms with Gasteiger partial charge in [-0.05, 0) is 84.9 Å². The molecule has 244 valence electrons. The van der Waals surface area contributed by atoms with Gasteiger partial charge in [-0.2, -0.15) is 0 Å². The highest BCUT2D eigenvalue weighted by atomic mass is 16.6. The van der Waals surface area contributed by atoms with Gasteiger partial charge in [0.15, 0.2) is 0 Å². The van der Waals surface area contributed by atoms with Gasteiger partial charge in [0.1, 0.15) is 23.0 Å². The second kappa shape index (κ2) is 15.1. The maximum Gasteiger partial charge on any atom is 0.329 e. The first-order valence-corrected chi connectivity index (χ1v) is 15.5. The lowest BCUT2D eigenvalue weighted by molar-refractivity contribution is -0.164. The van der Waals surface area contributed by atoms with Crippen molar-refractivity contribution in [3.8, 4) is 5.75 Å². The molecule has 1 aliphatic rings. The Bertz CT molecular complexity index is 1210. The van der Waals surface area contributed by atoms with E-state index < -0.39 is 34.5 Å². The zero-order valence-corrected chi connectivity index (χ0v) is 27.7. The van der Waals surface area contributed by atoms with Crippen molar-refractivity contribution in [3.05, 3.63) is 48.5 Å². The van der Waals surface area contributed by atoms with Crippen LogP contribution in [0.1, 0.15) is 85.6 Å². The van der Waals surface area contributed by atoms with Crippen molar-refractivity contribution in [1.82, 2.24) is 14.9 Å². The molecule has 1 unspecified atom stereocenters. The number of esters is 2. The number of hydrogen-bond acceptors (Lipinski definition) is 8. The molecule has 10 heteroatoms. The van der Waals surface area contributed by atoms with E-state index in [1.165, 1.54) is 0 Å². The average molecular weight is 614 g/mol. The molecule has 1 fully saturated rings. The minimum atomic E-state index is -0.902. The molecule has 3 rings (SSSR count). The summed E-state index contributed by atoms with van der Waals surface area (Å²) in [5.41, 5.74) is -1.39. The Balaban J connectivity index is 1.88. The first-order valence-electron chi connectivity index (χ1n) is 15.5. The van der Waals surface area contributed by atoms with Gasteiger partial charge < -0.3 is 28.8 Å². The molecular formula is C34H51N3O7. The van der Waals surface area contributed by atoms with Crippen molar-refractivity contribution in [2.45, 2.75) is 116 Å². The average Bonchev–Trinajstić information content (AvgIpc) is 3.63. The predicted octanol–water partition coefficient (Wildman–Crippen LogP) is 5.27. The Labute approximate surface area is 262 Å². The van der Waals surface area contributed by atoms with E-state index in [2.05, 4.69) is 10.3 Å². The number of imidazole rings is 1. The molecule has 0 radical (unpaired) electrons. The van der Waals surface area contributed by atoms with Crippen LogP contribution < -0.4 is 10.1 Å². The maximum atomic E-state index is 14.3. The molecule has 1 amide bonds. The van der Waals surface area contributed by atoms with Crippen LogP contribution in [-0.4, -0.2) is 65.0 Å². The molecule has 1 N–H and O–H groups in total. The van der Waals surface area contributed by atoms with Gasteiger partial charge in [-0.1, -0.05) is 25.0 Å². The van der Waals surface area contributed by atoms with E-state index in [9.17, 15) is 14.4 Å². The number of nitrogens with zero attached hydrogens (tertiary/aromatic N) is 2. The van der Waals surface area contributed by atoms with E-state index in [0.717, 1.165) is 18.4 Å². The van der Waals surface area contributed by atoms with Gasteiger partial charge in [0.2, 0.25) is 5.91 Å². The van der Waals surface area contributed by atoms with Crippen LogP contribution in [0.3, 0.4) is 0 Å². The second-order valence-corrected chi connectivity index (χ2v) is 13.9. The summed E-state index contributed by atoms with van der Waals surface area (Å²) in [6.45, 7) is 11.4. The zero-order chi connectivity index (χ0) is 32.5. The number of carbonyl (C=O) groups is 3. The maximum absolute atomic E-state index is 14.3. The van der Waals surface area contributed by atoms with Crippen LogP contribution in [-0.2, 0) is 41.6 Å². The van der Waals surface area contributed by atoms with Crippen LogP contribution in [0.2, 0.25) is 0 Å². The smallest absolute Gasteiger partial charge is 0.329 e. The summed E-state index contributed by atoms with van der Waals surface area (Å²) in [6.07, 6.45) is 8.81. The lowest BCUT2D eigenvalue weighted by Gasteiger charge is -2.35. The number of ether oxygens (including phenoxy) is 4. The summed E-state index contributed by atoms with van der Waals surface area (Å²) >= 11 is 0. The Kier molecular flexibility index (Phi) is 12.0. The van der Waals surface area contributed by atoms with Crippen molar-refractivity contribution in [3.63, 3.8) is 0 Å². The Hall–Kier alpha value is -3.40. The first-order chi connectivity index (χ1) is 20.6. The number of amides is 1. The number of nitrogens with one attached hydrogen (secondary N) is 1. The second-order valence-electron chi connectivity index (χ2n) is 13.9. The summed E-state index contributed by atoms with van der Waals surface area (Å²) in [7, 11) is 3.22. The molecule has 1 aliphatic carbocycles. The lowest BCUT2D eigenvalue weighted by Crippen LogP contribution is -2.51. The number of benzene rings is 1. The molecule has 3 atom stereocenters. The predicted molar refractivity (Wildman–Crippen MR) is 167 cm³/mol. The van der Waals surface area contributed by atoms with E-state index >= 15 is 0 Å². The Morgan fingerprint density at radius 3 is 2.09 bits per heavy atom. The van der Waals surface area contributed by atoms with Gasteiger partial charge in [-0.25, -0.2) is 9.78 Å². The minimum Gasteiger partial charge on any atom is -0.497 e. The fourth-order valence-corrected chi connectivity index (χ4v) is 5.76. The Morgan fingerprint density at radius 1 is 0.955 bits per heavy atom. The van der Waals surface area contributed by atoms with Crippen LogP contribution in [0.4, 0.5) is 0 Å². The zero-order valence-electron chi connectivity index (χ0n) is 27.7. The molecule has 2 aromatic rings. The van der Waals surface area contributed by atoms with Crippen LogP contribution in [0.15, 0.2) is 43.0 Å². The lowest BCUT2D eigenvalue weighted by atomic mass is 9.75. The number of hydrogen-bond donors (Lipinski definition) is 1. The molecule has 10 nitrogen and oxygen atoms in total. The summed E-state index contributed by atoms with van der Waals surface area (Å²) in [4.78, 5) is 45.4. The van der Waals surface area contributed by atoms with Crippen molar-refractivity contribution in [1.29, 1.82) is 0 Å². The molecule has 0 saturated heterocycles. The molecule has 0 bridgehead atoms. The van der Waals surface area contributed by atoms with E-state index in [0.29, 0.717) is 38.0 Å². The van der Waals surface area contributed by atoms with Gasteiger partial charge in [0.05, 0.1) is 30.9 Å². The molecule has 0 spiro atoms. The summed E-state index contributed by atoms with van der Waals surface area (Å²) in [5.74, 6) is -0.985. The van der Waals surface area contributed by atoms with E-state index in [4.69, 9.17) is 18.9 Å². The largest absolute Gasteiger partial charge is 0.497 e. The van der Waals surface area contributed by atoms with E-state index in [1.807, 2.05) is 55.8 Å². The van der Waals surface area contributed by atoms with Gasteiger partial charge in [-0.15, -0.1) is 0 Å². The topological polar surface area (TPSA) is 118 Å². The van der Waals surface area contributed by atoms with Crippen LogP contribution in [0.25, 0.3) is 0 Å². The highest BCUT2D eigenvalue weighted by Crippen LogP contribution is 2.45. The molecule has 1 aromatic heterocycles. The highest BCUT2D eigenvalue weighted by molar-refractivity contribution is 5.89. The van der Waals surface area contributed by atoms with Crippen molar-refractivity contribution >= 4 is 17.8 Å². The van der Waals surface area contributed by atoms with Crippen molar-refractivity contribution in [2.24, 2.45) is 11.3 Å². The molecular weight excluding hydrogens is 562 g/mol. The molecule has 44 heavy (non-hydrogen) atoms. The SMILES string of the molecule is COc1ccc(CC(NC(=O)C2(C[C@@H](C[C@@H](Cn3ccnc3)OC)C(=O)OC(C)(C)C)CCCC2)C(=O)OC(C)(C)C)cc1. The highest BCUT2D eigenvalue weighted by Gasteiger charge is 2.46. The van der Waals surface area contributed by atoms with Gasteiger partial charge in [0.25, 0.3) is 0 Å². The first kappa shape index (κ1) is 35.1. The summed E-state index contributed by atoms with van der Waals surface area (Å²) < 4.78 is 24.6. The third-order valence-electron chi connectivity index (χ3n) is 7.87.